The van der Waals surface area contributed by atoms with Crippen molar-refractivity contribution in [3.05, 3.63) is 24.8 Å². The monoisotopic (exact) mass is 166 g/mol. The van der Waals surface area contributed by atoms with Gasteiger partial charge in [0.2, 0.25) is 0 Å². The molecule has 12 heavy (non-hydrogen) atoms. The van der Waals surface area contributed by atoms with Crippen molar-refractivity contribution in [3.63, 3.8) is 0 Å². The normalized spacial score (nSPS) is 10.8. The fraction of sp³-hybridized carbons (Fsp3) is 0.667. The van der Waals surface area contributed by atoms with Gasteiger partial charge in [-0.15, -0.1) is 6.58 Å². The van der Waals surface area contributed by atoms with Gasteiger partial charge in [0.1, 0.15) is 0 Å². The second-order valence-corrected chi connectivity index (χ2v) is 3.19. The summed E-state index contributed by atoms with van der Waals surface area (Å²) in [6.07, 6.45) is 15.6. The smallest absolute Gasteiger partial charge is 0.0351 e. The van der Waals surface area contributed by atoms with Crippen LogP contribution in [0.5, 0.6) is 0 Å². The van der Waals surface area contributed by atoms with E-state index in [4.69, 9.17) is 0 Å². The van der Waals surface area contributed by atoms with Crippen LogP contribution in [0.25, 0.3) is 0 Å². The highest BCUT2D eigenvalue weighted by atomic mass is 13.9. The molecule has 0 aliphatic heterocycles. The Bertz CT molecular complexity index is 111. The van der Waals surface area contributed by atoms with Crippen LogP contribution >= 0.6 is 0 Å². The first-order valence-corrected chi connectivity index (χ1v) is 5.17. The van der Waals surface area contributed by atoms with Crippen molar-refractivity contribution in [1.29, 1.82) is 0 Å². The van der Waals surface area contributed by atoms with Crippen molar-refractivity contribution in [1.82, 2.24) is 0 Å². The molecule has 0 saturated heterocycles. The van der Waals surface area contributed by atoms with Crippen molar-refractivity contribution >= 4 is 0 Å². The van der Waals surface area contributed by atoms with Gasteiger partial charge in [0, 0.05) is 0 Å². The molecule has 70 valence electrons. The van der Waals surface area contributed by atoms with Crippen LogP contribution in [0.15, 0.2) is 24.8 Å². The molecule has 0 atom stereocenters. The maximum absolute atomic E-state index is 3.71. The van der Waals surface area contributed by atoms with E-state index in [1.807, 2.05) is 6.08 Å². The summed E-state index contributed by atoms with van der Waals surface area (Å²) in [6.45, 7) is 5.92. The summed E-state index contributed by atoms with van der Waals surface area (Å²) in [5.41, 5.74) is 0. The minimum absolute atomic E-state index is 1.18. The SMILES string of the molecule is C=CCCCCC/C=C\CCC. The Hall–Kier alpha value is -0.520. The highest BCUT2D eigenvalue weighted by Crippen LogP contribution is 2.04. The predicted molar refractivity (Wildman–Crippen MR) is 57.3 cm³/mol. The lowest BCUT2D eigenvalue weighted by molar-refractivity contribution is 0.695. The van der Waals surface area contributed by atoms with E-state index in [1.165, 1.54) is 44.9 Å². The molecule has 0 heterocycles. The summed E-state index contributed by atoms with van der Waals surface area (Å²) in [4.78, 5) is 0. The highest BCUT2D eigenvalue weighted by Gasteiger charge is 1.84. The highest BCUT2D eigenvalue weighted by molar-refractivity contribution is 4.80. The van der Waals surface area contributed by atoms with Gasteiger partial charge >= 0.3 is 0 Å². The molecule has 0 radical (unpaired) electrons. The molecule has 0 aromatic carbocycles. The number of allylic oxidation sites excluding steroid dienone is 3. The van der Waals surface area contributed by atoms with E-state index >= 15 is 0 Å². The zero-order chi connectivity index (χ0) is 9.07. The number of hydrogen-bond acceptors (Lipinski definition) is 0. The molecule has 0 rings (SSSR count). The third-order valence-corrected chi connectivity index (χ3v) is 1.90. The van der Waals surface area contributed by atoms with Crippen molar-refractivity contribution in [2.75, 3.05) is 0 Å². The van der Waals surface area contributed by atoms with Crippen LogP contribution in [0, 0.1) is 0 Å². The summed E-state index contributed by atoms with van der Waals surface area (Å²) < 4.78 is 0. The Morgan fingerprint density at radius 1 is 0.917 bits per heavy atom. The summed E-state index contributed by atoms with van der Waals surface area (Å²) in [5, 5.41) is 0. The maximum Gasteiger partial charge on any atom is -0.0351 e. The first-order chi connectivity index (χ1) is 5.91. The number of unbranched alkanes of at least 4 members (excludes halogenated alkanes) is 5. The third-order valence-electron chi connectivity index (χ3n) is 1.90. The molecule has 0 aromatic heterocycles. The Balaban J connectivity index is 2.94. The molecule has 0 aliphatic carbocycles. The van der Waals surface area contributed by atoms with E-state index in [9.17, 15) is 0 Å². The lowest BCUT2D eigenvalue weighted by atomic mass is 10.1. The molecule has 0 N–H and O–H groups in total. The van der Waals surface area contributed by atoms with E-state index in [2.05, 4.69) is 25.7 Å². The largest absolute Gasteiger partial charge is 0.103 e. The molecule has 0 aromatic rings. The Morgan fingerprint density at radius 2 is 1.58 bits per heavy atom. The van der Waals surface area contributed by atoms with E-state index < -0.39 is 0 Å². The minimum atomic E-state index is 1.18. The molecular formula is C12H22. The second-order valence-electron chi connectivity index (χ2n) is 3.19. The molecule has 0 unspecified atom stereocenters. The van der Waals surface area contributed by atoms with Crippen LogP contribution in [0.1, 0.15) is 51.9 Å². The van der Waals surface area contributed by atoms with E-state index in [0.29, 0.717) is 0 Å². The Morgan fingerprint density at radius 3 is 2.25 bits per heavy atom. The summed E-state index contributed by atoms with van der Waals surface area (Å²) in [5.74, 6) is 0. The first kappa shape index (κ1) is 11.5. The van der Waals surface area contributed by atoms with Crippen LogP contribution in [-0.2, 0) is 0 Å². The van der Waals surface area contributed by atoms with Gasteiger partial charge in [0.05, 0.1) is 0 Å². The molecule has 0 heteroatoms. The number of hydrogen-bond donors (Lipinski definition) is 0. The van der Waals surface area contributed by atoms with Gasteiger partial charge in [-0.2, -0.15) is 0 Å². The fourth-order valence-electron chi connectivity index (χ4n) is 1.13. The third kappa shape index (κ3) is 9.48. The second kappa shape index (κ2) is 10.5. The average Bonchev–Trinajstić information content (AvgIpc) is 2.10. The predicted octanol–water partition coefficient (Wildman–Crippen LogP) is 4.48. The van der Waals surface area contributed by atoms with E-state index in [1.54, 1.807) is 0 Å². The molecule has 0 saturated carbocycles. The van der Waals surface area contributed by atoms with Crippen molar-refractivity contribution in [2.24, 2.45) is 0 Å². The molecule has 0 spiro atoms. The molecule has 0 aliphatic rings. The zero-order valence-corrected chi connectivity index (χ0v) is 8.39. The van der Waals surface area contributed by atoms with Crippen molar-refractivity contribution in [2.45, 2.75) is 51.9 Å². The molecule has 0 fully saturated rings. The topological polar surface area (TPSA) is 0 Å². The van der Waals surface area contributed by atoms with E-state index in [-0.39, 0.29) is 0 Å². The lowest BCUT2D eigenvalue weighted by Crippen LogP contribution is -1.74. The van der Waals surface area contributed by atoms with Crippen LogP contribution in [0.4, 0.5) is 0 Å². The van der Waals surface area contributed by atoms with Gasteiger partial charge in [-0.1, -0.05) is 38.0 Å². The van der Waals surface area contributed by atoms with E-state index in [0.717, 1.165) is 0 Å². The van der Waals surface area contributed by atoms with Gasteiger partial charge in [-0.05, 0) is 32.1 Å². The molecular weight excluding hydrogens is 144 g/mol. The lowest BCUT2D eigenvalue weighted by Gasteiger charge is -1.94. The van der Waals surface area contributed by atoms with Crippen molar-refractivity contribution < 1.29 is 0 Å². The van der Waals surface area contributed by atoms with Crippen LogP contribution < -0.4 is 0 Å². The Labute approximate surface area is 77.4 Å². The first-order valence-electron chi connectivity index (χ1n) is 5.17. The summed E-state index contributed by atoms with van der Waals surface area (Å²) in [6, 6.07) is 0. The Kier molecular flexibility index (Phi) is 10.0. The summed E-state index contributed by atoms with van der Waals surface area (Å²) in [7, 11) is 0. The van der Waals surface area contributed by atoms with Crippen LogP contribution in [-0.4, -0.2) is 0 Å². The average molecular weight is 166 g/mol. The molecule has 0 bridgehead atoms. The van der Waals surface area contributed by atoms with Gasteiger partial charge in [-0.25, -0.2) is 0 Å². The number of rotatable bonds is 8. The molecule has 0 amide bonds. The fourth-order valence-corrected chi connectivity index (χ4v) is 1.13. The van der Waals surface area contributed by atoms with Gasteiger partial charge < -0.3 is 0 Å². The zero-order valence-electron chi connectivity index (χ0n) is 8.39. The maximum atomic E-state index is 3.71. The van der Waals surface area contributed by atoms with Crippen LogP contribution in [0.2, 0.25) is 0 Å². The van der Waals surface area contributed by atoms with Crippen molar-refractivity contribution in [3.8, 4) is 0 Å². The van der Waals surface area contributed by atoms with Gasteiger partial charge in [-0.3, -0.25) is 0 Å². The molecule has 0 nitrogen and oxygen atoms in total. The van der Waals surface area contributed by atoms with Gasteiger partial charge in [0.25, 0.3) is 0 Å². The standard InChI is InChI=1S/C12H22/c1-3-5-7-9-11-12-10-8-6-4-2/h3,8,10H,1,4-7,9,11-12H2,2H3/b10-8-. The minimum Gasteiger partial charge on any atom is -0.103 e. The quantitative estimate of drug-likeness (QED) is 0.368. The van der Waals surface area contributed by atoms with Gasteiger partial charge in [0.15, 0.2) is 0 Å². The summed E-state index contributed by atoms with van der Waals surface area (Å²) >= 11 is 0. The van der Waals surface area contributed by atoms with Crippen LogP contribution in [0.3, 0.4) is 0 Å².